The van der Waals surface area contributed by atoms with E-state index in [-0.39, 0.29) is 0 Å². The van der Waals surface area contributed by atoms with Crippen LogP contribution in [0.15, 0.2) is 53.7 Å². The summed E-state index contributed by atoms with van der Waals surface area (Å²) in [7, 11) is 0. The molecular weight excluding hydrogens is 292 g/mol. The van der Waals surface area contributed by atoms with E-state index in [0.717, 1.165) is 17.5 Å². The molecule has 23 heavy (non-hydrogen) atoms. The molecule has 2 aliphatic rings. The third-order valence-electron chi connectivity index (χ3n) is 4.87. The van der Waals surface area contributed by atoms with Crippen LogP contribution >= 0.6 is 0 Å². The van der Waals surface area contributed by atoms with Crippen LogP contribution < -0.4 is 5.32 Å². The highest BCUT2D eigenvalue weighted by molar-refractivity contribution is 6.12. The van der Waals surface area contributed by atoms with E-state index in [1.54, 1.807) is 18.2 Å². The molecule has 0 bridgehead atoms. The molecule has 1 aliphatic carbocycles. The molecule has 2 atom stereocenters. The van der Waals surface area contributed by atoms with Gasteiger partial charge in [0.05, 0.1) is 5.71 Å². The van der Waals surface area contributed by atoms with Crippen LogP contribution in [0.3, 0.4) is 0 Å². The minimum absolute atomic E-state index is 0.362. The lowest BCUT2D eigenvalue weighted by molar-refractivity contribution is -0.137. The Bertz CT molecular complexity index is 831. The van der Waals surface area contributed by atoms with E-state index >= 15 is 0 Å². The van der Waals surface area contributed by atoms with Crippen molar-refractivity contribution in [1.82, 2.24) is 0 Å². The fourth-order valence-corrected chi connectivity index (χ4v) is 3.75. The summed E-state index contributed by atoms with van der Waals surface area (Å²) in [6.07, 6.45) is 1.26. The van der Waals surface area contributed by atoms with E-state index in [4.69, 9.17) is 0 Å². The first-order valence-electron chi connectivity index (χ1n) is 7.60. The quantitative estimate of drug-likeness (QED) is 0.558. The molecule has 0 saturated carbocycles. The van der Waals surface area contributed by atoms with Crippen LogP contribution in [0.1, 0.15) is 23.1 Å². The van der Waals surface area contributed by atoms with Crippen molar-refractivity contribution in [1.29, 1.82) is 0 Å². The van der Waals surface area contributed by atoms with Crippen LogP contribution in [-0.2, 0) is 16.8 Å². The van der Waals surface area contributed by atoms with Gasteiger partial charge >= 0.3 is 0 Å². The lowest BCUT2D eigenvalue weighted by Gasteiger charge is -2.35. The molecule has 0 radical (unpaired) electrons. The van der Waals surface area contributed by atoms with Gasteiger partial charge in [0.1, 0.15) is 0 Å². The van der Waals surface area contributed by atoms with Crippen molar-refractivity contribution in [2.24, 2.45) is 11.1 Å². The summed E-state index contributed by atoms with van der Waals surface area (Å²) in [4.78, 5) is 12.5. The van der Waals surface area contributed by atoms with Crippen molar-refractivity contribution >= 4 is 17.3 Å². The zero-order valence-corrected chi connectivity index (χ0v) is 12.4. The van der Waals surface area contributed by atoms with Gasteiger partial charge in [-0.3, -0.25) is 4.79 Å². The van der Waals surface area contributed by atoms with Crippen LogP contribution in [0.5, 0.6) is 0 Å². The Hall–Kier alpha value is -2.66. The Morgan fingerprint density at radius 3 is 2.70 bits per heavy atom. The summed E-state index contributed by atoms with van der Waals surface area (Å²) in [5, 5.41) is 27.0. The van der Waals surface area contributed by atoms with E-state index in [0.29, 0.717) is 23.4 Å². The van der Waals surface area contributed by atoms with Gasteiger partial charge in [0, 0.05) is 22.7 Å². The summed E-state index contributed by atoms with van der Waals surface area (Å²) < 4.78 is 0. The normalized spacial score (nSPS) is 27.4. The molecule has 5 heteroatoms. The maximum atomic E-state index is 12.5. The van der Waals surface area contributed by atoms with Gasteiger partial charge in [0.25, 0.3) is 5.91 Å². The number of para-hydroxylation sites is 1. The van der Waals surface area contributed by atoms with Crippen molar-refractivity contribution in [2.75, 3.05) is 5.32 Å². The maximum absolute atomic E-state index is 12.5. The third-order valence-corrected chi connectivity index (χ3v) is 4.87. The second kappa shape index (κ2) is 4.93. The van der Waals surface area contributed by atoms with Crippen molar-refractivity contribution in [3.63, 3.8) is 0 Å². The van der Waals surface area contributed by atoms with E-state index in [9.17, 15) is 15.1 Å². The number of oxime groups is 1. The van der Waals surface area contributed by atoms with E-state index in [1.807, 2.05) is 30.3 Å². The zero-order chi connectivity index (χ0) is 16.0. The summed E-state index contributed by atoms with van der Waals surface area (Å²) >= 11 is 0. The van der Waals surface area contributed by atoms with E-state index < -0.39 is 17.4 Å². The molecule has 1 heterocycles. The van der Waals surface area contributed by atoms with Crippen LogP contribution in [-0.4, -0.2) is 21.9 Å². The first-order valence-corrected chi connectivity index (χ1v) is 7.60. The Balaban J connectivity index is 1.87. The minimum Gasteiger partial charge on any atom is -0.411 e. The van der Waals surface area contributed by atoms with Crippen LogP contribution in [0.2, 0.25) is 0 Å². The number of hydrogen-bond donors (Lipinski definition) is 3. The van der Waals surface area contributed by atoms with Crippen molar-refractivity contribution in [3.8, 4) is 0 Å². The Labute approximate surface area is 133 Å². The topological polar surface area (TPSA) is 81.9 Å². The average molecular weight is 308 g/mol. The molecule has 2 aromatic rings. The standard InChI is InChI=1S/C18H16N2O3/c21-17-18(22,13-7-3-4-8-15(13)19-17)14-10-9-11-5-1-2-6-12(11)16(14)20-23/h1-8,14,22-23H,9-10H2,(H,19,21). The smallest absolute Gasteiger partial charge is 0.261 e. The van der Waals surface area contributed by atoms with Gasteiger partial charge in [-0.2, -0.15) is 0 Å². The number of anilines is 1. The predicted molar refractivity (Wildman–Crippen MR) is 85.5 cm³/mol. The highest BCUT2D eigenvalue weighted by Crippen LogP contribution is 2.45. The summed E-state index contributed by atoms with van der Waals surface area (Å²) in [6, 6.07) is 14.7. The monoisotopic (exact) mass is 308 g/mol. The largest absolute Gasteiger partial charge is 0.411 e. The van der Waals surface area contributed by atoms with Gasteiger partial charge in [-0.05, 0) is 24.5 Å². The summed E-state index contributed by atoms with van der Waals surface area (Å²) in [5.74, 6) is -1.06. The Kier molecular flexibility index (Phi) is 2.99. The number of hydrogen-bond acceptors (Lipinski definition) is 4. The van der Waals surface area contributed by atoms with Gasteiger partial charge in [-0.25, -0.2) is 0 Å². The van der Waals surface area contributed by atoms with E-state index in [1.165, 1.54) is 0 Å². The number of nitrogens with zero attached hydrogens (tertiary/aromatic N) is 1. The second-order valence-corrected chi connectivity index (χ2v) is 6.00. The molecule has 2 aromatic carbocycles. The lowest BCUT2D eigenvalue weighted by atomic mass is 9.71. The van der Waals surface area contributed by atoms with Gasteiger partial charge in [-0.1, -0.05) is 47.6 Å². The third kappa shape index (κ3) is 1.83. The molecule has 0 spiro atoms. The molecule has 4 rings (SSSR count). The summed E-state index contributed by atoms with van der Waals surface area (Å²) in [5.41, 5.74) is 1.64. The first kappa shape index (κ1) is 14.0. The number of rotatable bonds is 1. The molecule has 1 aliphatic heterocycles. The highest BCUT2D eigenvalue weighted by Gasteiger charge is 2.54. The molecular formula is C18H16N2O3. The number of aliphatic hydroxyl groups is 1. The number of fused-ring (bicyclic) bond motifs is 2. The molecule has 0 aromatic heterocycles. The molecule has 0 saturated heterocycles. The van der Waals surface area contributed by atoms with E-state index in [2.05, 4.69) is 10.5 Å². The van der Waals surface area contributed by atoms with Gasteiger partial charge in [0.15, 0.2) is 5.60 Å². The Morgan fingerprint density at radius 2 is 1.87 bits per heavy atom. The maximum Gasteiger partial charge on any atom is 0.261 e. The average Bonchev–Trinajstić information content (AvgIpc) is 2.85. The molecule has 2 unspecified atom stereocenters. The number of carbonyl (C=O) groups is 1. The minimum atomic E-state index is -1.72. The van der Waals surface area contributed by atoms with Gasteiger partial charge in [0.2, 0.25) is 0 Å². The van der Waals surface area contributed by atoms with Crippen LogP contribution in [0.4, 0.5) is 5.69 Å². The Morgan fingerprint density at radius 1 is 1.13 bits per heavy atom. The lowest BCUT2D eigenvalue weighted by Crippen LogP contribution is -2.47. The highest BCUT2D eigenvalue weighted by atomic mass is 16.4. The summed E-state index contributed by atoms with van der Waals surface area (Å²) in [6.45, 7) is 0. The number of carbonyl (C=O) groups excluding carboxylic acids is 1. The SMILES string of the molecule is O=C1Nc2ccccc2C1(O)C1CCc2ccccc2C1=NO. The van der Waals surface area contributed by atoms with Gasteiger partial charge < -0.3 is 15.6 Å². The van der Waals surface area contributed by atoms with Gasteiger partial charge in [-0.15, -0.1) is 0 Å². The van der Waals surface area contributed by atoms with Crippen molar-refractivity contribution in [2.45, 2.75) is 18.4 Å². The molecule has 5 nitrogen and oxygen atoms in total. The number of benzene rings is 2. The fourth-order valence-electron chi connectivity index (χ4n) is 3.75. The number of aryl methyl sites for hydroxylation is 1. The zero-order valence-electron chi connectivity index (χ0n) is 12.4. The molecule has 1 amide bonds. The number of amides is 1. The first-order chi connectivity index (χ1) is 11.2. The van der Waals surface area contributed by atoms with Crippen LogP contribution in [0, 0.1) is 5.92 Å². The van der Waals surface area contributed by atoms with Crippen molar-refractivity contribution < 1.29 is 15.1 Å². The molecule has 116 valence electrons. The second-order valence-electron chi connectivity index (χ2n) is 6.00. The van der Waals surface area contributed by atoms with Crippen LogP contribution in [0.25, 0.3) is 0 Å². The number of nitrogens with one attached hydrogen (secondary N) is 1. The van der Waals surface area contributed by atoms with Crippen molar-refractivity contribution in [3.05, 3.63) is 65.2 Å². The molecule has 0 fully saturated rings. The predicted octanol–water partition coefficient (Wildman–Crippen LogP) is 2.27. The molecule has 3 N–H and O–H groups in total. The fraction of sp³-hybridized carbons (Fsp3) is 0.222.